The fraction of sp³-hybridized carbons (Fsp3) is 0.370. The molecule has 2 saturated heterocycles. The van der Waals surface area contributed by atoms with Crippen molar-refractivity contribution in [1.82, 2.24) is 20.2 Å². The van der Waals surface area contributed by atoms with Crippen LogP contribution in [-0.2, 0) is 16.9 Å². The van der Waals surface area contributed by atoms with Crippen LogP contribution < -0.4 is 10.2 Å². The largest absolute Gasteiger partial charge is 0.355 e. The summed E-state index contributed by atoms with van der Waals surface area (Å²) < 4.78 is 56.5. The van der Waals surface area contributed by atoms with E-state index in [1.165, 1.54) is 12.3 Å². The summed E-state index contributed by atoms with van der Waals surface area (Å²) in [4.78, 5) is 25.2. The highest BCUT2D eigenvalue weighted by molar-refractivity contribution is 5.75. The predicted octanol–water partition coefficient (Wildman–Crippen LogP) is 4.03. The topological polar surface area (TPSA) is 61.4 Å². The Hall–Kier alpha value is -3.53. The zero-order chi connectivity index (χ0) is 26.4. The van der Waals surface area contributed by atoms with Crippen molar-refractivity contribution in [3.8, 4) is 0 Å². The fourth-order valence-electron chi connectivity index (χ4n) is 5.45. The molecule has 10 heteroatoms. The molecular formula is C27H27F4N5O. The van der Waals surface area contributed by atoms with Crippen molar-refractivity contribution >= 4 is 11.7 Å². The number of likely N-dealkylation sites (tertiary alicyclic amines) is 1. The number of halogens is 4. The van der Waals surface area contributed by atoms with Gasteiger partial charge in [-0.2, -0.15) is 0 Å². The highest BCUT2D eigenvalue weighted by Crippen LogP contribution is 2.42. The summed E-state index contributed by atoms with van der Waals surface area (Å²) in [5, 5.41) is 2.24. The van der Waals surface area contributed by atoms with Gasteiger partial charge in [-0.3, -0.25) is 14.7 Å². The van der Waals surface area contributed by atoms with E-state index in [0.717, 1.165) is 62.3 Å². The minimum absolute atomic E-state index is 0.159. The molecule has 3 aromatic rings. The molecule has 0 aliphatic carbocycles. The quantitative estimate of drug-likeness (QED) is 0.484. The molecule has 1 amide bonds. The zero-order valence-corrected chi connectivity index (χ0v) is 20.5. The van der Waals surface area contributed by atoms with Gasteiger partial charge in [0, 0.05) is 57.0 Å². The second kappa shape index (κ2) is 9.41. The van der Waals surface area contributed by atoms with Crippen molar-refractivity contribution in [1.29, 1.82) is 0 Å². The Balaban J connectivity index is 1.28. The number of rotatable bonds is 7. The van der Waals surface area contributed by atoms with Gasteiger partial charge in [-0.05, 0) is 48.4 Å². The molecule has 0 bridgehead atoms. The zero-order valence-electron chi connectivity index (χ0n) is 20.5. The molecule has 5 rings (SSSR count). The SMILES string of the molecule is CC(=O)N[C@@](c1ccc(F)c(F)c1)(c1ccc(CN2CC3(C2)CN(c2cccc(C)n2)C3)cn1)C(F)F. The number of hydrogen-bond donors (Lipinski definition) is 1. The van der Waals surface area contributed by atoms with Gasteiger partial charge in [-0.1, -0.05) is 18.2 Å². The molecule has 37 heavy (non-hydrogen) atoms. The number of nitrogens with one attached hydrogen (secondary N) is 1. The Labute approximate surface area is 212 Å². The number of carbonyl (C=O) groups is 1. The average Bonchev–Trinajstić information content (AvgIpc) is 2.80. The number of aromatic nitrogens is 2. The van der Waals surface area contributed by atoms with E-state index in [2.05, 4.69) is 25.1 Å². The standard InChI is InChI=1S/C27H27F4N5O/c1-17-4-3-5-24(33-17)36-15-26(16-36)13-35(14-26)12-19-6-9-23(32-11-19)27(25(30)31,34-18(2)37)20-7-8-21(28)22(29)10-20/h3-11,25H,12-16H2,1-2H3,(H,34,37)/t27-/m0/s1. The van der Waals surface area contributed by atoms with E-state index >= 15 is 0 Å². The number of pyridine rings is 2. The number of aryl methyl sites for hydroxylation is 1. The molecule has 0 unspecified atom stereocenters. The Morgan fingerprint density at radius 1 is 1.08 bits per heavy atom. The molecule has 2 aromatic heterocycles. The van der Waals surface area contributed by atoms with Crippen molar-refractivity contribution in [2.45, 2.75) is 32.4 Å². The number of nitrogens with zero attached hydrogens (tertiary/aromatic N) is 4. The minimum atomic E-state index is -3.17. The van der Waals surface area contributed by atoms with Crippen LogP contribution in [-0.4, -0.2) is 53.4 Å². The molecule has 0 saturated carbocycles. The van der Waals surface area contributed by atoms with Gasteiger partial charge in [0.2, 0.25) is 5.91 Å². The number of carbonyl (C=O) groups excluding carboxylic acids is 1. The molecule has 2 aliphatic rings. The number of benzene rings is 1. The fourth-order valence-corrected chi connectivity index (χ4v) is 5.45. The highest BCUT2D eigenvalue weighted by Gasteiger charge is 2.52. The first-order chi connectivity index (χ1) is 17.6. The summed E-state index contributed by atoms with van der Waals surface area (Å²) in [7, 11) is 0. The molecule has 1 aromatic carbocycles. The second-order valence-corrected chi connectivity index (χ2v) is 10.1. The van der Waals surface area contributed by atoms with Gasteiger partial charge in [-0.25, -0.2) is 22.5 Å². The molecule has 1 atom stereocenters. The van der Waals surface area contributed by atoms with Crippen molar-refractivity contribution in [2.75, 3.05) is 31.1 Å². The van der Waals surface area contributed by atoms with Crippen LogP contribution >= 0.6 is 0 Å². The summed E-state index contributed by atoms with van der Waals surface area (Å²) in [6.07, 6.45) is -1.68. The Morgan fingerprint density at radius 2 is 1.84 bits per heavy atom. The lowest BCUT2D eigenvalue weighted by molar-refractivity contribution is -0.122. The maximum atomic E-state index is 14.5. The van der Waals surface area contributed by atoms with E-state index in [1.807, 2.05) is 25.1 Å². The third-order valence-electron chi connectivity index (χ3n) is 7.08. The van der Waals surface area contributed by atoms with E-state index in [4.69, 9.17) is 0 Å². The van der Waals surface area contributed by atoms with Crippen LogP contribution in [0.25, 0.3) is 0 Å². The number of hydrogen-bond acceptors (Lipinski definition) is 5. The van der Waals surface area contributed by atoms with E-state index in [0.29, 0.717) is 12.6 Å². The summed E-state index contributed by atoms with van der Waals surface area (Å²) in [5.41, 5.74) is -0.817. The molecular weight excluding hydrogens is 486 g/mol. The predicted molar refractivity (Wildman–Crippen MR) is 130 cm³/mol. The number of alkyl halides is 2. The number of amides is 1. The number of anilines is 1. The van der Waals surface area contributed by atoms with Gasteiger partial charge in [0.15, 0.2) is 17.2 Å². The van der Waals surface area contributed by atoms with E-state index < -0.39 is 29.5 Å². The summed E-state index contributed by atoms with van der Waals surface area (Å²) in [5.74, 6) is -2.22. The monoisotopic (exact) mass is 513 g/mol. The third-order valence-corrected chi connectivity index (χ3v) is 7.08. The van der Waals surface area contributed by atoms with Crippen LogP contribution in [0.5, 0.6) is 0 Å². The average molecular weight is 514 g/mol. The normalized spacial score (nSPS) is 18.3. The molecule has 1 spiro atoms. The summed E-state index contributed by atoms with van der Waals surface area (Å²) in [6, 6.07) is 11.5. The van der Waals surface area contributed by atoms with Crippen LogP contribution in [0.4, 0.5) is 23.4 Å². The Bertz CT molecular complexity index is 1300. The molecule has 2 aliphatic heterocycles. The third kappa shape index (κ3) is 4.66. The smallest absolute Gasteiger partial charge is 0.271 e. The van der Waals surface area contributed by atoms with Gasteiger partial charge in [0.1, 0.15) is 5.82 Å². The van der Waals surface area contributed by atoms with Gasteiger partial charge in [0.25, 0.3) is 6.43 Å². The van der Waals surface area contributed by atoms with Crippen molar-refractivity contribution in [2.24, 2.45) is 5.41 Å². The van der Waals surface area contributed by atoms with Crippen LogP contribution in [0.1, 0.15) is 29.4 Å². The lowest BCUT2D eigenvalue weighted by atomic mass is 9.72. The molecule has 0 radical (unpaired) electrons. The maximum absolute atomic E-state index is 14.5. The molecule has 1 N–H and O–H groups in total. The minimum Gasteiger partial charge on any atom is -0.355 e. The maximum Gasteiger partial charge on any atom is 0.271 e. The first-order valence-electron chi connectivity index (χ1n) is 12.0. The van der Waals surface area contributed by atoms with Crippen LogP contribution in [0, 0.1) is 24.0 Å². The molecule has 194 valence electrons. The summed E-state index contributed by atoms with van der Waals surface area (Å²) in [6.45, 7) is 7.38. The van der Waals surface area contributed by atoms with Gasteiger partial charge in [-0.15, -0.1) is 0 Å². The lowest BCUT2D eigenvalue weighted by Crippen LogP contribution is -2.72. The highest BCUT2D eigenvalue weighted by atomic mass is 19.3. The van der Waals surface area contributed by atoms with E-state index in [1.54, 1.807) is 6.07 Å². The lowest BCUT2D eigenvalue weighted by Gasteiger charge is -2.60. The molecule has 6 nitrogen and oxygen atoms in total. The summed E-state index contributed by atoms with van der Waals surface area (Å²) >= 11 is 0. The van der Waals surface area contributed by atoms with Crippen molar-refractivity contribution < 1.29 is 22.4 Å². The van der Waals surface area contributed by atoms with Gasteiger partial charge >= 0.3 is 0 Å². The Morgan fingerprint density at radius 3 is 2.43 bits per heavy atom. The van der Waals surface area contributed by atoms with Crippen molar-refractivity contribution in [3.63, 3.8) is 0 Å². The van der Waals surface area contributed by atoms with Crippen LogP contribution in [0.15, 0.2) is 54.7 Å². The van der Waals surface area contributed by atoms with E-state index in [9.17, 15) is 22.4 Å². The van der Waals surface area contributed by atoms with Gasteiger partial charge < -0.3 is 10.2 Å². The second-order valence-electron chi connectivity index (χ2n) is 10.1. The van der Waals surface area contributed by atoms with Crippen LogP contribution in [0.3, 0.4) is 0 Å². The Kier molecular flexibility index (Phi) is 6.39. The van der Waals surface area contributed by atoms with Gasteiger partial charge in [0.05, 0.1) is 5.69 Å². The molecule has 4 heterocycles. The molecule has 2 fully saturated rings. The first kappa shape index (κ1) is 25.1. The van der Waals surface area contributed by atoms with Crippen LogP contribution in [0.2, 0.25) is 0 Å². The van der Waals surface area contributed by atoms with Crippen molar-refractivity contribution in [3.05, 3.63) is 88.9 Å². The van der Waals surface area contributed by atoms with E-state index in [-0.39, 0.29) is 16.7 Å². The first-order valence-corrected chi connectivity index (χ1v) is 12.0.